The van der Waals surface area contributed by atoms with Gasteiger partial charge in [0.05, 0.1) is 35.0 Å². The number of carbonyl (C=O) groups is 4. The molecule has 8 rings (SSSR count). The molecule has 1 heterocycles. The highest BCUT2D eigenvalue weighted by Crippen LogP contribution is 2.61. The Labute approximate surface area is 304 Å². The number of phenols is 1. The molecule has 0 aromatic heterocycles. The minimum atomic E-state index is -1.38. The monoisotopic (exact) mass is 706 g/mol. The molecule has 4 aliphatic rings. The van der Waals surface area contributed by atoms with Crippen molar-refractivity contribution in [3.8, 4) is 11.5 Å². The van der Waals surface area contributed by atoms with Gasteiger partial charge >= 0.3 is 0 Å². The smallest absolute Gasteiger partial charge is 0.271 e. The summed E-state index contributed by atoms with van der Waals surface area (Å²) in [5.41, 5.74) is 1.53. The van der Waals surface area contributed by atoms with Crippen molar-refractivity contribution in [2.75, 3.05) is 12.0 Å². The Morgan fingerprint density at radius 1 is 0.887 bits per heavy atom. The molecule has 0 spiro atoms. The van der Waals surface area contributed by atoms with Gasteiger partial charge in [0, 0.05) is 29.5 Å². The lowest BCUT2D eigenvalue weighted by atomic mass is 9.45. The number of nitro groups is 1. The van der Waals surface area contributed by atoms with Gasteiger partial charge < -0.3 is 9.84 Å². The first kappa shape index (κ1) is 33.7. The van der Waals surface area contributed by atoms with Gasteiger partial charge in [-0.05, 0) is 59.7 Å². The molecule has 6 unspecified atom stereocenters. The number of methoxy groups -OCH3 is 1. The summed E-state index contributed by atoms with van der Waals surface area (Å²) in [5.74, 6) is -4.97. The van der Waals surface area contributed by atoms with E-state index in [9.17, 15) is 29.6 Å². The van der Waals surface area contributed by atoms with Crippen LogP contribution >= 0.6 is 0 Å². The van der Waals surface area contributed by atoms with E-state index >= 15 is 4.79 Å². The number of phenolic OH excluding ortho intramolecular Hbond substituents is 1. The van der Waals surface area contributed by atoms with Crippen LogP contribution in [0.25, 0.3) is 11.6 Å². The lowest BCUT2D eigenvalue weighted by Crippen LogP contribution is -2.59. The molecule has 4 aromatic carbocycles. The van der Waals surface area contributed by atoms with E-state index in [0.29, 0.717) is 22.3 Å². The van der Waals surface area contributed by atoms with Crippen molar-refractivity contribution in [2.45, 2.75) is 18.3 Å². The molecule has 0 bridgehead atoms. The van der Waals surface area contributed by atoms with Crippen molar-refractivity contribution in [3.05, 3.63) is 154 Å². The number of ether oxygens (including phenoxy) is 1. The van der Waals surface area contributed by atoms with Gasteiger partial charge in [-0.1, -0.05) is 96.6 Å². The first-order chi connectivity index (χ1) is 25.6. The van der Waals surface area contributed by atoms with Gasteiger partial charge in [-0.25, -0.2) is 4.90 Å². The van der Waals surface area contributed by atoms with Crippen molar-refractivity contribution < 1.29 is 33.9 Å². The number of hydrogen-bond donors (Lipinski definition) is 1. The fourth-order valence-electron chi connectivity index (χ4n) is 9.13. The van der Waals surface area contributed by atoms with Crippen LogP contribution in [-0.4, -0.2) is 40.5 Å². The summed E-state index contributed by atoms with van der Waals surface area (Å²) in [6.45, 7) is 0. The third-order valence-electron chi connectivity index (χ3n) is 11.4. The molecule has 0 radical (unpaired) electrons. The van der Waals surface area contributed by atoms with Crippen LogP contribution in [0.15, 0.2) is 127 Å². The summed E-state index contributed by atoms with van der Waals surface area (Å²) in [5, 5.41) is 21.9. The number of rotatable bonds is 7. The van der Waals surface area contributed by atoms with Crippen LogP contribution in [-0.2, 0) is 24.6 Å². The Morgan fingerprint density at radius 3 is 2.34 bits per heavy atom. The fourth-order valence-corrected chi connectivity index (χ4v) is 9.13. The molecule has 10 nitrogen and oxygen atoms in total. The fraction of sp³-hybridized carbons (Fsp3) is 0.209. The second kappa shape index (κ2) is 13.0. The number of imide groups is 1. The van der Waals surface area contributed by atoms with Crippen LogP contribution < -0.4 is 9.64 Å². The lowest BCUT2D eigenvalue weighted by molar-refractivity contribution is -0.384. The quantitative estimate of drug-likeness (QED) is 0.0948. The maximum atomic E-state index is 15.1. The molecule has 3 aliphatic carbocycles. The second-order valence-corrected chi connectivity index (χ2v) is 13.9. The standard InChI is InChI=1S/C43H34N2O8/c1-53-37-21-25(16-20-36(37)46)15-19-34-30-17-18-31-39(42(50)44(41(31)49)28-13-8-14-29(22-28)45(51)52)33(30)23-35-40(48)32(26-9-4-2-5-10-26)24-38(47)43(34,35)27-11-6-3-7-12-27/h2-17,19-22,24,31,33-35,39,46H,18,23H2,1H3. The highest BCUT2D eigenvalue weighted by Gasteiger charge is 2.65. The zero-order chi connectivity index (χ0) is 37.0. The number of anilines is 1. The minimum Gasteiger partial charge on any atom is -0.504 e. The average Bonchev–Trinajstić information content (AvgIpc) is 3.44. The van der Waals surface area contributed by atoms with E-state index in [1.54, 1.807) is 24.3 Å². The Balaban J connectivity index is 1.31. The molecule has 2 fully saturated rings. The Morgan fingerprint density at radius 2 is 1.62 bits per heavy atom. The van der Waals surface area contributed by atoms with Gasteiger partial charge in [0.2, 0.25) is 11.8 Å². The van der Waals surface area contributed by atoms with Crippen LogP contribution in [0.4, 0.5) is 11.4 Å². The van der Waals surface area contributed by atoms with Crippen LogP contribution in [0.5, 0.6) is 11.5 Å². The van der Waals surface area contributed by atoms with E-state index in [0.717, 1.165) is 10.5 Å². The van der Waals surface area contributed by atoms with Gasteiger partial charge in [-0.15, -0.1) is 0 Å². The lowest BCUT2D eigenvalue weighted by Gasteiger charge is -2.54. The van der Waals surface area contributed by atoms with Crippen molar-refractivity contribution in [3.63, 3.8) is 0 Å². The van der Waals surface area contributed by atoms with Crippen molar-refractivity contribution in [1.29, 1.82) is 0 Å². The number of hydrogen-bond acceptors (Lipinski definition) is 8. The van der Waals surface area contributed by atoms with Gasteiger partial charge in [0.1, 0.15) is 0 Å². The number of Topliss-reactive ketones (excluding diaryl/α,β-unsaturated/α-hetero) is 1. The maximum absolute atomic E-state index is 15.1. The first-order valence-corrected chi connectivity index (χ1v) is 17.4. The molecule has 10 heteroatoms. The Hall–Kier alpha value is -6.42. The largest absolute Gasteiger partial charge is 0.504 e. The van der Waals surface area contributed by atoms with Gasteiger partial charge in [0.25, 0.3) is 5.69 Å². The predicted molar refractivity (Wildman–Crippen MR) is 197 cm³/mol. The van der Waals surface area contributed by atoms with Gasteiger partial charge in [-0.3, -0.25) is 29.3 Å². The summed E-state index contributed by atoms with van der Waals surface area (Å²) >= 11 is 0. The highest BCUT2D eigenvalue weighted by molar-refractivity contribution is 6.31. The molecule has 1 saturated heterocycles. The van der Waals surface area contributed by atoms with Crippen molar-refractivity contribution in [1.82, 2.24) is 0 Å². The highest BCUT2D eigenvalue weighted by atomic mass is 16.6. The summed E-state index contributed by atoms with van der Waals surface area (Å²) in [4.78, 5) is 70.7. The number of non-ortho nitro benzene ring substituents is 1. The normalized spacial score (nSPS) is 26.4. The number of amides is 2. The molecule has 4 aromatic rings. The van der Waals surface area contributed by atoms with Crippen molar-refractivity contribution >= 4 is 46.4 Å². The summed E-state index contributed by atoms with van der Waals surface area (Å²) in [6.07, 6.45) is 7.50. The van der Waals surface area contributed by atoms with E-state index in [4.69, 9.17) is 4.74 Å². The number of ketones is 2. The van der Waals surface area contributed by atoms with E-state index in [-0.39, 0.29) is 47.3 Å². The molecular weight excluding hydrogens is 672 g/mol. The van der Waals surface area contributed by atoms with E-state index in [1.165, 1.54) is 43.5 Å². The number of nitro benzene ring substituents is 1. The molecule has 53 heavy (non-hydrogen) atoms. The third kappa shape index (κ3) is 5.24. The molecule has 1 N–H and O–H groups in total. The van der Waals surface area contributed by atoms with Crippen LogP contribution in [0.3, 0.4) is 0 Å². The number of nitrogens with zero attached hydrogens (tertiary/aromatic N) is 2. The molecule has 1 saturated carbocycles. The van der Waals surface area contributed by atoms with Crippen LogP contribution in [0, 0.1) is 39.7 Å². The zero-order valence-electron chi connectivity index (χ0n) is 28.6. The number of carbonyl (C=O) groups excluding carboxylic acids is 4. The summed E-state index contributed by atoms with van der Waals surface area (Å²) < 4.78 is 5.35. The summed E-state index contributed by atoms with van der Waals surface area (Å²) in [6, 6.07) is 28.7. The van der Waals surface area contributed by atoms with Crippen LogP contribution in [0.2, 0.25) is 0 Å². The SMILES string of the molecule is COc1cc(C=CC2C3=CCC4C(=O)N(c5cccc([N+](=O)[O-])c5)C(=O)C4C3CC3C(=O)C(c4ccccc4)=CC(=O)C23c2ccccc2)ccc1O. The van der Waals surface area contributed by atoms with Crippen molar-refractivity contribution in [2.24, 2.45) is 29.6 Å². The Bertz CT molecular complexity index is 2300. The van der Waals surface area contributed by atoms with Gasteiger partial charge in [0.15, 0.2) is 23.1 Å². The molecular formula is C43H34N2O8. The van der Waals surface area contributed by atoms with E-state index in [1.807, 2.05) is 66.8 Å². The molecule has 1 aliphatic heterocycles. The topological polar surface area (TPSA) is 144 Å². The Kier molecular flexibility index (Phi) is 8.25. The van der Waals surface area contributed by atoms with Crippen LogP contribution in [0.1, 0.15) is 29.5 Å². The third-order valence-corrected chi connectivity index (χ3v) is 11.4. The summed E-state index contributed by atoms with van der Waals surface area (Å²) in [7, 11) is 1.45. The van der Waals surface area contributed by atoms with E-state index in [2.05, 4.69) is 0 Å². The number of allylic oxidation sites excluding steroid dienone is 5. The zero-order valence-corrected chi connectivity index (χ0v) is 28.6. The number of benzene rings is 4. The number of aromatic hydroxyl groups is 1. The number of fused-ring (bicyclic) bond motifs is 4. The molecule has 6 atom stereocenters. The first-order valence-electron chi connectivity index (χ1n) is 17.4. The molecule has 264 valence electrons. The molecule has 2 amide bonds. The van der Waals surface area contributed by atoms with Gasteiger partial charge in [-0.2, -0.15) is 0 Å². The predicted octanol–water partition coefficient (Wildman–Crippen LogP) is 6.88. The second-order valence-electron chi connectivity index (χ2n) is 13.9. The van der Waals surface area contributed by atoms with E-state index < -0.39 is 51.7 Å². The average molecular weight is 707 g/mol. The maximum Gasteiger partial charge on any atom is 0.271 e. The minimum absolute atomic E-state index is 0.0337.